The van der Waals surface area contributed by atoms with Crippen molar-refractivity contribution >= 4 is 5.82 Å². The van der Waals surface area contributed by atoms with E-state index in [1.54, 1.807) is 0 Å². The van der Waals surface area contributed by atoms with E-state index in [1.807, 2.05) is 35.1 Å². The molecule has 0 spiro atoms. The van der Waals surface area contributed by atoms with Gasteiger partial charge in [0.25, 0.3) is 0 Å². The molecule has 1 N–H and O–H groups in total. The minimum atomic E-state index is -0.231. The minimum absolute atomic E-state index is 0.231. The average Bonchev–Trinajstić information content (AvgIpc) is 2.91. The summed E-state index contributed by atoms with van der Waals surface area (Å²) in [5.41, 5.74) is 1.24. The van der Waals surface area contributed by atoms with Gasteiger partial charge in [0.05, 0.1) is 12.6 Å². The van der Waals surface area contributed by atoms with Crippen LogP contribution in [0.3, 0.4) is 0 Å². The zero-order valence-corrected chi connectivity index (χ0v) is 11.8. The third-order valence-corrected chi connectivity index (χ3v) is 3.97. The van der Waals surface area contributed by atoms with Crippen molar-refractivity contribution in [2.75, 3.05) is 11.4 Å². The first-order chi connectivity index (χ1) is 9.72. The molecule has 0 amide bonds. The Morgan fingerprint density at radius 2 is 2.00 bits per heavy atom. The molecule has 20 heavy (non-hydrogen) atoms. The summed E-state index contributed by atoms with van der Waals surface area (Å²) in [6.07, 6.45) is 3.69. The summed E-state index contributed by atoms with van der Waals surface area (Å²) in [4.78, 5) is 2.20. The van der Waals surface area contributed by atoms with Crippen molar-refractivity contribution < 1.29 is 5.11 Å². The Morgan fingerprint density at radius 3 is 2.80 bits per heavy atom. The maximum Gasteiger partial charge on any atom is 0.150 e. The van der Waals surface area contributed by atoms with E-state index in [0.717, 1.165) is 25.2 Å². The van der Waals surface area contributed by atoms with Crippen molar-refractivity contribution in [3.8, 4) is 0 Å². The van der Waals surface area contributed by atoms with Gasteiger partial charge in [-0.2, -0.15) is 5.10 Å². The summed E-state index contributed by atoms with van der Waals surface area (Å²) in [6.45, 7) is 3.66. The third kappa shape index (κ3) is 2.85. The number of piperidine rings is 1. The molecular weight excluding hydrogens is 250 g/mol. The standard InChI is InChI=1S/C16H21N3O/c1-13-7-8-15(20)12-19(13)16-9-10-18(17-16)11-14-5-3-2-4-6-14/h2-6,9-10,13,15,20H,7-8,11-12H2,1H3. The Labute approximate surface area is 119 Å². The fraction of sp³-hybridized carbons (Fsp3) is 0.438. The van der Waals surface area contributed by atoms with E-state index in [2.05, 4.69) is 29.1 Å². The first-order valence-corrected chi connectivity index (χ1v) is 7.24. The Morgan fingerprint density at radius 1 is 1.20 bits per heavy atom. The van der Waals surface area contributed by atoms with Crippen molar-refractivity contribution in [3.63, 3.8) is 0 Å². The van der Waals surface area contributed by atoms with Gasteiger partial charge in [-0.25, -0.2) is 0 Å². The molecule has 1 saturated heterocycles. The predicted octanol–water partition coefficient (Wildman–Crippen LogP) is 2.28. The Bertz CT molecular complexity index is 552. The molecule has 1 aromatic heterocycles. The summed E-state index contributed by atoms with van der Waals surface area (Å²) in [5, 5.41) is 14.5. The van der Waals surface area contributed by atoms with Gasteiger partial charge in [0.15, 0.2) is 5.82 Å². The number of hydrogen-bond donors (Lipinski definition) is 1. The Kier molecular flexibility index (Phi) is 3.74. The monoisotopic (exact) mass is 271 g/mol. The topological polar surface area (TPSA) is 41.3 Å². The van der Waals surface area contributed by atoms with Gasteiger partial charge >= 0.3 is 0 Å². The second kappa shape index (κ2) is 5.67. The largest absolute Gasteiger partial charge is 0.391 e. The highest BCUT2D eigenvalue weighted by atomic mass is 16.3. The molecule has 1 aliphatic rings. The second-order valence-corrected chi connectivity index (χ2v) is 5.59. The number of hydrogen-bond acceptors (Lipinski definition) is 3. The Hall–Kier alpha value is -1.81. The molecule has 0 bridgehead atoms. The van der Waals surface area contributed by atoms with Crippen LogP contribution >= 0.6 is 0 Å². The lowest BCUT2D eigenvalue weighted by molar-refractivity contribution is 0.143. The smallest absolute Gasteiger partial charge is 0.150 e. The van der Waals surface area contributed by atoms with Gasteiger partial charge in [0.2, 0.25) is 0 Å². The first-order valence-electron chi connectivity index (χ1n) is 7.24. The van der Waals surface area contributed by atoms with E-state index in [-0.39, 0.29) is 6.10 Å². The summed E-state index contributed by atoms with van der Waals surface area (Å²) in [7, 11) is 0. The third-order valence-electron chi connectivity index (χ3n) is 3.97. The van der Waals surface area contributed by atoms with Crippen molar-refractivity contribution in [1.29, 1.82) is 0 Å². The van der Waals surface area contributed by atoms with E-state index >= 15 is 0 Å². The number of nitrogens with zero attached hydrogens (tertiary/aromatic N) is 3. The lowest BCUT2D eigenvalue weighted by Gasteiger charge is -2.36. The van der Waals surface area contributed by atoms with Gasteiger partial charge in [-0.05, 0) is 25.3 Å². The van der Waals surface area contributed by atoms with Gasteiger partial charge in [-0.15, -0.1) is 0 Å². The molecule has 2 unspecified atom stereocenters. The molecule has 0 saturated carbocycles. The van der Waals surface area contributed by atoms with Crippen LogP contribution in [0.15, 0.2) is 42.6 Å². The first kappa shape index (κ1) is 13.2. The predicted molar refractivity (Wildman–Crippen MR) is 79.8 cm³/mol. The molecule has 2 aromatic rings. The molecule has 4 nitrogen and oxygen atoms in total. The highest BCUT2D eigenvalue weighted by Crippen LogP contribution is 2.23. The van der Waals surface area contributed by atoms with Gasteiger partial charge < -0.3 is 10.0 Å². The molecule has 0 radical (unpaired) electrons. The van der Waals surface area contributed by atoms with Crippen molar-refractivity contribution in [1.82, 2.24) is 9.78 Å². The fourth-order valence-electron chi connectivity index (χ4n) is 2.77. The molecule has 4 heteroatoms. The molecule has 1 fully saturated rings. The summed E-state index contributed by atoms with van der Waals surface area (Å²) in [5.74, 6) is 0.965. The molecule has 1 aromatic carbocycles. The van der Waals surface area contributed by atoms with Crippen LogP contribution in [-0.4, -0.2) is 33.6 Å². The summed E-state index contributed by atoms with van der Waals surface area (Å²) in [6, 6.07) is 12.8. The van der Waals surface area contributed by atoms with Crippen LogP contribution in [0.5, 0.6) is 0 Å². The van der Waals surface area contributed by atoms with E-state index < -0.39 is 0 Å². The molecular formula is C16H21N3O. The quantitative estimate of drug-likeness (QED) is 0.931. The van der Waals surface area contributed by atoms with E-state index in [1.165, 1.54) is 5.56 Å². The number of benzene rings is 1. The molecule has 106 valence electrons. The van der Waals surface area contributed by atoms with Crippen molar-refractivity contribution in [2.24, 2.45) is 0 Å². The molecule has 2 atom stereocenters. The van der Waals surface area contributed by atoms with Gasteiger partial charge in [0, 0.05) is 24.8 Å². The maximum atomic E-state index is 9.82. The number of aromatic nitrogens is 2. The highest BCUT2D eigenvalue weighted by Gasteiger charge is 2.25. The fourth-order valence-corrected chi connectivity index (χ4v) is 2.77. The zero-order valence-electron chi connectivity index (χ0n) is 11.8. The van der Waals surface area contributed by atoms with Crippen molar-refractivity contribution in [3.05, 3.63) is 48.2 Å². The average molecular weight is 271 g/mol. The van der Waals surface area contributed by atoms with Crippen LogP contribution in [0, 0.1) is 0 Å². The highest BCUT2D eigenvalue weighted by molar-refractivity contribution is 5.39. The Balaban J connectivity index is 1.73. The molecule has 1 aliphatic heterocycles. The number of aliphatic hydroxyl groups excluding tert-OH is 1. The van der Waals surface area contributed by atoms with E-state index in [9.17, 15) is 5.11 Å². The summed E-state index contributed by atoms with van der Waals surface area (Å²) >= 11 is 0. The van der Waals surface area contributed by atoms with Crippen LogP contribution < -0.4 is 4.90 Å². The number of aliphatic hydroxyl groups is 1. The number of anilines is 1. The van der Waals surface area contributed by atoms with Crippen LogP contribution in [0.2, 0.25) is 0 Å². The van der Waals surface area contributed by atoms with Gasteiger partial charge in [-0.3, -0.25) is 4.68 Å². The summed E-state index contributed by atoms with van der Waals surface area (Å²) < 4.78 is 1.96. The van der Waals surface area contributed by atoms with E-state index in [4.69, 9.17) is 0 Å². The normalized spacial score (nSPS) is 23.0. The minimum Gasteiger partial charge on any atom is -0.391 e. The lowest BCUT2D eigenvalue weighted by Crippen LogP contribution is -2.44. The zero-order chi connectivity index (χ0) is 13.9. The lowest BCUT2D eigenvalue weighted by atomic mass is 10.0. The molecule has 2 heterocycles. The van der Waals surface area contributed by atoms with Gasteiger partial charge in [0.1, 0.15) is 0 Å². The van der Waals surface area contributed by atoms with Crippen LogP contribution in [-0.2, 0) is 6.54 Å². The molecule has 3 rings (SSSR count). The van der Waals surface area contributed by atoms with Crippen LogP contribution in [0.25, 0.3) is 0 Å². The van der Waals surface area contributed by atoms with Crippen molar-refractivity contribution in [2.45, 2.75) is 38.5 Å². The number of rotatable bonds is 3. The second-order valence-electron chi connectivity index (χ2n) is 5.59. The number of β-amino-alcohol motifs (C(OH)–C–C–N with tert-alkyl or cyclic N) is 1. The van der Waals surface area contributed by atoms with Gasteiger partial charge in [-0.1, -0.05) is 30.3 Å². The van der Waals surface area contributed by atoms with Crippen LogP contribution in [0.1, 0.15) is 25.3 Å². The SMILES string of the molecule is CC1CCC(O)CN1c1ccn(Cc2ccccc2)n1. The van der Waals surface area contributed by atoms with Crippen LogP contribution in [0.4, 0.5) is 5.82 Å². The maximum absolute atomic E-state index is 9.82. The van der Waals surface area contributed by atoms with E-state index in [0.29, 0.717) is 12.6 Å². The molecule has 0 aliphatic carbocycles.